The molecule has 4 fully saturated rings. The minimum Gasteiger partial charge on any atom is -0.381 e. The van der Waals surface area contributed by atoms with Crippen molar-refractivity contribution in [2.24, 2.45) is 11.8 Å². The molecule has 0 aromatic heterocycles. The van der Waals surface area contributed by atoms with Gasteiger partial charge in [0.2, 0.25) is 0 Å². The van der Waals surface area contributed by atoms with E-state index in [0.29, 0.717) is 24.4 Å². The van der Waals surface area contributed by atoms with Crippen molar-refractivity contribution in [3.8, 4) is 0 Å². The first-order valence-corrected chi connectivity index (χ1v) is 9.85. The second-order valence-corrected chi connectivity index (χ2v) is 7.99. The molecule has 6 atom stereocenters. The topological polar surface area (TPSA) is 43.5 Å². The maximum atomic E-state index is 5.85. The predicted molar refractivity (Wildman–Crippen MR) is 87.5 cm³/mol. The average Bonchev–Trinajstić information content (AvgIpc) is 3.46. The number of hydrogen-bond acceptors (Lipinski definition) is 4. The first kappa shape index (κ1) is 16.3. The molecule has 2 saturated heterocycles. The van der Waals surface area contributed by atoms with Crippen molar-refractivity contribution < 1.29 is 18.9 Å². The molecule has 2 aliphatic carbocycles. The third-order valence-corrected chi connectivity index (χ3v) is 6.01. The summed E-state index contributed by atoms with van der Waals surface area (Å²) >= 11 is 0. The molecule has 6 unspecified atom stereocenters. The number of hydrogen-bond donors (Lipinski definition) is 0. The van der Waals surface area contributed by atoms with Gasteiger partial charge in [0.05, 0.1) is 24.4 Å². The van der Waals surface area contributed by atoms with Crippen molar-refractivity contribution in [3.05, 3.63) is 0 Å². The molecule has 0 aromatic rings. The molecule has 2 saturated carbocycles. The molecule has 0 radical (unpaired) electrons. The first-order valence-electron chi connectivity index (χ1n) is 9.85. The molecule has 0 N–H and O–H groups in total. The summed E-state index contributed by atoms with van der Waals surface area (Å²) in [5.41, 5.74) is 0. The summed E-state index contributed by atoms with van der Waals surface area (Å²) < 4.78 is 22.8. The summed E-state index contributed by atoms with van der Waals surface area (Å²) in [7, 11) is 0. The van der Waals surface area contributed by atoms with Crippen molar-refractivity contribution in [1.82, 2.24) is 0 Å². The van der Waals surface area contributed by atoms with Gasteiger partial charge in [-0.05, 0) is 69.6 Å². The molecule has 2 heterocycles. The standard InChI is InChI=1S/C19H32O4/c1(2-8-20-12-14-4-6-16-18(10-14)22-16)3-9-21-13-15-5-7-17-19(11-15)23-17/h14-19H,1-13H2. The van der Waals surface area contributed by atoms with Gasteiger partial charge in [0.1, 0.15) is 0 Å². The van der Waals surface area contributed by atoms with Crippen LogP contribution in [0.4, 0.5) is 0 Å². The molecule has 23 heavy (non-hydrogen) atoms. The highest BCUT2D eigenvalue weighted by atomic mass is 16.6. The quantitative estimate of drug-likeness (QED) is 0.457. The Labute approximate surface area is 140 Å². The van der Waals surface area contributed by atoms with E-state index >= 15 is 0 Å². The normalized spacial score (nSPS) is 41.2. The molecular weight excluding hydrogens is 292 g/mol. The lowest BCUT2D eigenvalue weighted by Crippen LogP contribution is -2.19. The number of unbranched alkanes of at least 4 members (excludes halogenated alkanes) is 2. The van der Waals surface area contributed by atoms with Crippen LogP contribution in [0.15, 0.2) is 0 Å². The van der Waals surface area contributed by atoms with Gasteiger partial charge in [-0.25, -0.2) is 0 Å². The van der Waals surface area contributed by atoms with E-state index in [9.17, 15) is 0 Å². The molecule has 4 aliphatic rings. The summed E-state index contributed by atoms with van der Waals surface area (Å²) in [6.07, 6.45) is 13.5. The van der Waals surface area contributed by atoms with Gasteiger partial charge in [-0.2, -0.15) is 0 Å². The predicted octanol–water partition coefficient (Wildman–Crippen LogP) is 3.32. The molecule has 0 aromatic carbocycles. The van der Waals surface area contributed by atoms with E-state index in [1.807, 2.05) is 0 Å². The van der Waals surface area contributed by atoms with Gasteiger partial charge in [-0.15, -0.1) is 0 Å². The summed E-state index contributed by atoms with van der Waals surface area (Å²) in [4.78, 5) is 0. The van der Waals surface area contributed by atoms with Crippen LogP contribution < -0.4 is 0 Å². The maximum Gasteiger partial charge on any atom is 0.0845 e. The van der Waals surface area contributed by atoms with Gasteiger partial charge < -0.3 is 18.9 Å². The highest BCUT2D eigenvalue weighted by Crippen LogP contribution is 2.40. The zero-order valence-corrected chi connectivity index (χ0v) is 14.3. The molecule has 4 rings (SSSR count). The smallest absolute Gasteiger partial charge is 0.0845 e. The fraction of sp³-hybridized carbons (Fsp3) is 1.00. The maximum absolute atomic E-state index is 5.85. The minimum absolute atomic E-state index is 0.580. The molecule has 0 amide bonds. The molecular formula is C19H32O4. The van der Waals surface area contributed by atoms with Gasteiger partial charge in [-0.3, -0.25) is 0 Å². The third kappa shape index (κ3) is 4.91. The monoisotopic (exact) mass is 324 g/mol. The summed E-state index contributed by atoms with van der Waals surface area (Å²) in [5.74, 6) is 1.49. The van der Waals surface area contributed by atoms with E-state index in [4.69, 9.17) is 18.9 Å². The van der Waals surface area contributed by atoms with Crippen LogP contribution in [0.2, 0.25) is 0 Å². The van der Waals surface area contributed by atoms with E-state index in [0.717, 1.165) is 38.3 Å². The van der Waals surface area contributed by atoms with Crippen molar-refractivity contribution >= 4 is 0 Å². The van der Waals surface area contributed by atoms with Crippen LogP contribution in [0, 0.1) is 11.8 Å². The second-order valence-electron chi connectivity index (χ2n) is 7.99. The van der Waals surface area contributed by atoms with Crippen LogP contribution in [-0.2, 0) is 18.9 Å². The van der Waals surface area contributed by atoms with Crippen LogP contribution in [0.1, 0.15) is 57.8 Å². The van der Waals surface area contributed by atoms with Crippen LogP contribution in [-0.4, -0.2) is 50.8 Å². The Balaban J connectivity index is 0.928. The Morgan fingerprint density at radius 1 is 0.609 bits per heavy atom. The minimum atomic E-state index is 0.580. The molecule has 4 nitrogen and oxygen atoms in total. The molecule has 4 heteroatoms. The Bertz CT molecular complexity index is 340. The van der Waals surface area contributed by atoms with Crippen LogP contribution >= 0.6 is 0 Å². The molecule has 132 valence electrons. The number of fused-ring (bicyclic) bond motifs is 2. The fourth-order valence-corrected chi connectivity index (χ4v) is 4.36. The van der Waals surface area contributed by atoms with E-state index in [-0.39, 0.29) is 0 Å². The third-order valence-electron chi connectivity index (χ3n) is 6.01. The van der Waals surface area contributed by atoms with Crippen LogP contribution in [0.3, 0.4) is 0 Å². The largest absolute Gasteiger partial charge is 0.381 e. The van der Waals surface area contributed by atoms with E-state index in [2.05, 4.69) is 0 Å². The first-order chi connectivity index (χ1) is 11.4. The lowest BCUT2D eigenvalue weighted by atomic mass is 9.90. The molecule has 0 spiro atoms. The van der Waals surface area contributed by atoms with Crippen LogP contribution in [0.25, 0.3) is 0 Å². The second kappa shape index (κ2) is 7.81. The summed E-state index contributed by atoms with van der Waals surface area (Å²) in [6, 6.07) is 0. The summed E-state index contributed by atoms with van der Waals surface area (Å²) in [6.45, 7) is 3.70. The molecule has 2 aliphatic heterocycles. The van der Waals surface area contributed by atoms with E-state index in [1.165, 1.54) is 57.8 Å². The summed E-state index contributed by atoms with van der Waals surface area (Å²) in [5, 5.41) is 0. The zero-order chi connectivity index (χ0) is 15.5. The van der Waals surface area contributed by atoms with E-state index < -0.39 is 0 Å². The van der Waals surface area contributed by atoms with Crippen molar-refractivity contribution in [1.29, 1.82) is 0 Å². The van der Waals surface area contributed by atoms with Gasteiger partial charge >= 0.3 is 0 Å². The highest BCUT2D eigenvalue weighted by Gasteiger charge is 2.44. The Morgan fingerprint density at radius 2 is 1.13 bits per heavy atom. The van der Waals surface area contributed by atoms with Gasteiger partial charge in [-0.1, -0.05) is 0 Å². The number of rotatable bonds is 10. The lowest BCUT2D eigenvalue weighted by molar-refractivity contribution is 0.0736. The van der Waals surface area contributed by atoms with Gasteiger partial charge in [0.25, 0.3) is 0 Å². The van der Waals surface area contributed by atoms with Gasteiger partial charge in [0, 0.05) is 26.4 Å². The Kier molecular flexibility index (Phi) is 5.54. The SMILES string of the molecule is C(CCOCC1CCC2OC2C1)CCOCC1CCC2OC2C1. The van der Waals surface area contributed by atoms with Crippen molar-refractivity contribution in [2.75, 3.05) is 26.4 Å². The zero-order valence-electron chi connectivity index (χ0n) is 14.3. The van der Waals surface area contributed by atoms with Crippen LogP contribution in [0.5, 0.6) is 0 Å². The average molecular weight is 324 g/mol. The van der Waals surface area contributed by atoms with Crippen molar-refractivity contribution in [3.63, 3.8) is 0 Å². The fourth-order valence-electron chi connectivity index (χ4n) is 4.36. The molecule has 0 bridgehead atoms. The van der Waals surface area contributed by atoms with Gasteiger partial charge in [0.15, 0.2) is 0 Å². The number of epoxide rings is 2. The van der Waals surface area contributed by atoms with Crippen molar-refractivity contribution in [2.45, 2.75) is 82.2 Å². The highest BCUT2D eigenvalue weighted by molar-refractivity contribution is 4.92. The Hall–Kier alpha value is -0.160. The Morgan fingerprint density at radius 3 is 1.61 bits per heavy atom. The van der Waals surface area contributed by atoms with E-state index in [1.54, 1.807) is 0 Å². The lowest BCUT2D eigenvalue weighted by Gasteiger charge is -2.19. The number of ether oxygens (including phenoxy) is 4.